The molecular formula is C15H24N2O3. The molecule has 1 rings (SSSR count). The molecule has 0 bridgehead atoms. The highest BCUT2D eigenvalue weighted by Gasteiger charge is 2.09. The predicted octanol–water partition coefficient (Wildman–Crippen LogP) is 1.75. The Labute approximate surface area is 120 Å². The van der Waals surface area contributed by atoms with Gasteiger partial charge in [-0.05, 0) is 31.4 Å². The Balaban J connectivity index is 2.19. The first-order valence-electron chi connectivity index (χ1n) is 6.86. The highest BCUT2D eigenvalue weighted by atomic mass is 16.5. The van der Waals surface area contributed by atoms with Gasteiger partial charge in [-0.15, -0.1) is 0 Å². The molecule has 5 heteroatoms. The molecule has 1 amide bonds. The summed E-state index contributed by atoms with van der Waals surface area (Å²) >= 11 is 0. The summed E-state index contributed by atoms with van der Waals surface area (Å²) in [6, 6.07) is 5.47. The number of anilines is 1. The van der Waals surface area contributed by atoms with Crippen molar-refractivity contribution in [2.75, 3.05) is 39.2 Å². The van der Waals surface area contributed by atoms with Crippen LogP contribution in [0.5, 0.6) is 0 Å². The van der Waals surface area contributed by atoms with Crippen molar-refractivity contribution in [1.82, 2.24) is 5.32 Å². The van der Waals surface area contributed by atoms with Gasteiger partial charge in [0.2, 0.25) is 0 Å². The van der Waals surface area contributed by atoms with Crippen LogP contribution in [-0.2, 0) is 9.47 Å². The summed E-state index contributed by atoms with van der Waals surface area (Å²) < 4.78 is 10.2. The molecule has 0 aromatic heterocycles. The van der Waals surface area contributed by atoms with E-state index in [9.17, 15) is 4.79 Å². The number of rotatable bonds is 9. The quantitative estimate of drug-likeness (QED) is 0.534. The summed E-state index contributed by atoms with van der Waals surface area (Å²) in [4.78, 5) is 12.0. The molecule has 20 heavy (non-hydrogen) atoms. The van der Waals surface area contributed by atoms with E-state index >= 15 is 0 Å². The Hall–Kier alpha value is -1.59. The average Bonchev–Trinajstić information content (AvgIpc) is 2.44. The lowest BCUT2D eigenvalue weighted by Gasteiger charge is -2.09. The first-order chi connectivity index (χ1) is 9.66. The van der Waals surface area contributed by atoms with Crippen molar-refractivity contribution in [3.63, 3.8) is 0 Å². The third kappa shape index (κ3) is 5.59. The van der Waals surface area contributed by atoms with Crippen molar-refractivity contribution in [2.45, 2.75) is 19.8 Å². The smallest absolute Gasteiger partial charge is 0.253 e. The highest BCUT2D eigenvalue weighted by molar-refractivity contribution is 5.99. The molecule has 1 aromatic carbocycles. The molecule has 0 saturated carbocycles. The van der Waals surface area contributed by atoms with E-state index in [0.717, 1.165) is 18.4 Å². The normalized spacial score (nSPS) is 10.5. The molecule has 0 fully saturated rings. The second-order valence-electron chi connectivity index (χ2n) is 4.60. The molecule has 0 aliphatic heterocycles. The molecule has 0 saturated heterocycles. The van der Waals surface area contributed by atoms with Gasteiger partial charge >= 0.3 is 0 Å². The van der Waals surface area contributed by atoms with Crippen molar-refractivity contribution in [2.24, 2.45) is 0 Å². The third-order valence-corrected chi connectivity index (χ3v) is 3.00. The number of unbranched alkanes of at least 4 members (excludes halogenated alkanes) is 1. The number of benzene rings is 1. The van der Waals surface area contributed by atoms with Crippen LogP contribution in [-0.4, -0.2) is 39.4 Å². The van der Waals surface area contributed by atoms with Gasteiger partial charge in [0.1, 0.15) is 0 Å². The van der Waals surface area contributed by atoms with Gasteiger partial charge in [0.05, 0.1) is 18.8 Å². The topological polar surface area (TPSA) is 73.6 Å². The number of para-hydroxylation sites is 1. The maximum atomic E-state index is 12.0. The molecule has 0 radical (unpaired) electrons. The fraction of sp³-hybridized carbons (Fsp3) is 0.533. The van der Waals surface area contributed by atoms with Crippen LogP contribution in [0, 0.1) is 6.92 Å². The van der Waals surface area contributed by atoms with Crippen LogP contribution in [0.4, 0.5) is 5.69 Å². The number of methoxy groups -OCH3 is 1. The summed E-state index contributed by atoms with van der Waals surface area (Å²) in [5, 5.41) is 2.87. The molecule has 0 heterocycles. The van der Waals surface area contributed by atoms with E-state index in [1.54, 1.807) is 13.2 Å². The Morgan fingerprint density at radius 1 is 1.25 bits per heavy atom. The third-order valence-electron chi connectivity index (χ3n) is 3.00. The molecule has 112 valence electrons. The van der Waals surface area contributed by atoms with E-state index in [1.165, 1.54) is 0 Å². The van der Waals surface area contributed by atoms with Crippen molar-refractivity contribution < 1.29 is 14.3 Å². The average molecular weight is 280 g/mol. The van der Waals surface area contributed by atoms with Crippen molar-refractivity contribution >= 4 is 11.6 Å². The number of nitrogen functional groups attached to an aromatic ring is 1. The van der Waals surface area contributed by atoms with Gasteiger partial charge in [-0.25, -0.2) is 0 Å². The standard InChI is InChI=1S/C15H24N2O3/c1-12-6-5-7-13(14(12)16)15(18)17-8-3-4-9-20-11-10-19-2/h5-7H,3-4,8-11,16H2,1-2H3,(H,17,18). The summed E-state index contributed by atoms with van der Waals surface area (Å²) in [7, 11) is 1.65. The number of carbonyl (C=O) groups is 1. The molecule has 0 atom stereocenters. The second kappa shape index (κ2) is 9.34. The van der Waals surface area contributed by atoms with Gasteiger partial charge in [-0.3, -0.25) is 4.79 Å². The van der Waals surface area contributed by atoms with Crippen molar-refractivity contribution in [3.8, 4) is 0 Å². The lowest BCUT2D eigenvalue weighted by molar-refractivity contribution is 0.0686. The molecule has 0 spiro atoms. The largest absolute Gasteiger partial charge is 0.398 e. The maximum absolute atomic E-state index is 12.0. The molecule has 3 N–H and O–H groups in total. The number of nitrogens with one attached hydrogen (secondary N) is 1. The molecule has 0 aliphatic carbocycles. The fourth-order valence-electron chi connectivity index (χ4n) is 1.75. The minimum Gasteiger partial charge on any atom is -0.398 e. The number of hydrogen-bond acceptors (Lipinski definition) is 4. The zero-order chi connectivity index (χ0) is 14.8. The van der Waals surface area contributed by atoms with Crippen LogP contribution in [0.15, 0.2) is 18.2 Å². The molecule has 0 unspecified atom stereocenters. The van der Waals surface area contributed by atoms with Crippen LogP contribution in [0.1, 0.15) is 28.8 Å². The zero-order valence-electron chi connectivity index (χ0n) is 12.3. The minimum atomic E-state index is -0.119. The highest BCUT2D eigenvalue weighted by Crippen LogP contribution is 2.15. The van der Waals surface area contributed by atoms with Crippen LogP contribution in [0.25, 0.3) is 0 Å². The zero-order valence-corrected chi connectivity index (χ0v) is 12.3. The number of aryl methyl sites for hydroxylation is 1. The van der Waals surface area contributed by atoms with Gasteiger partial charge in [-0.1, -0.05) is 12.1 Å². The van der Waals surface area contributed by atoms with Crippen LogP contribution >= 0.6 is 0 Å². The second-order valence-corrected chi connectivity index (χ2v) is 4.60. The predicted molar refractivity (Wildman–Crippen MR) is 79.9 cm³/mol. The Morgan fingerprint density at radius 3 is 2.80 bits per heavy atom. The van der Waals surface area contributed by atoms with Gasteiger partial charge in [0, 0.05) is 25.9 Å². The van der Waals surface area contributed by atoms with E-state index < -0.39 is 0 Å². The van der Waals surface area contributed by atoms with Crippen molar-refractivity contribution in [3.05, 3.63) is 29.3 Å². The molecular weight excluding hydrogens is 256 g/mol. The van der Waals surface area contributed by atoms with Gasteiger partial charge < -0.3 is 20.5 Å². The van der Waals surface area contributed by atoms with Crippen LogP contribution < -0.4 is 11.1 Å². The number of hydrogen-bond donors (Lipinski definition) is 2. The van der Waals surface area contributed by atoms with E-state index in [1.807, 2.05) is 19.1 Å². The lowest BCUT2D eigenvalue weighted by atomic mass is 10.1. The van der Waals surface area contributed by atoms with Gasteiger partial charge in [-0.2, -0.15) is 0 Å². The first-order valence-corrected chi connectivity index (χ1v) is 6.86. The Morgan fingerprint density at radius 2 is 2.05 bits per heavy atom. The van der Waals surface area contributed by atoms with E-state index in [4.69, 9.17) is 15.2 Å². The van der Waals surface area contributed by atoms with Gasteiger partial charge in [0.25, 0.3) is 5.91 Å². The molecule has 1 aromatic rings. The minimum absolute atomic E-state index is 0.119. The number of ether oxygens (including phenoxy) is 2. The number of amides is 1. The van der Waals surface area contributed by atoms with Crippen LogP contribution in [0.3, 0.4) is 0 Å². The Kier molecular flexibility index (Phi) is 7.69. The van der Waals surface area contributed by atoms with Gasteiger partial charge in [0.15, 0.2) is 0 Å². The van der Waals surface area contributed by atoms with Crippen LogP contribution in [0.2, 0.25) is 0 Å². The fourth-order valence-corrected chi connectivity index (χ4v) is 1.75. The monoisotopic (exact) mass is 280 g/mol. The summed E-state index contributed by atoms with van der Waals surface area (Å²) in [6.07, 6.45) is 1.79. The lowest BCUT2D eigenvalue weighted by Crippen LogP contribution is -2.25. The Bertz CT molecular complexity index is 422. The first kappa shape index (κ1) is 16.5. The summed E-state index contributed by atoms with van der Waals surface area (Å²) in [5.41, 5.74) is 7.90. The van der Waals surface area contributed by atoms with E-state index in [2.05, 4.69) is 5.32 Å². The SMILES string of the molecule is COCCOCCCCNC(=O)c1cccc(C)c1N. The summed E-state index contributed by atoms with van der Waals surface area (Å²) in [6.45, 7) is 4.43. The number of carbonyl (C=O) groups excluding carboxylic acids is 1. The van der Waals surface area contributed by atoms with E-state index in [0.29, 0.717) is 37.6 Å². The molecule has 0 aliphatic rings. The molecule has 5 nitrogen and oxygen atoms in total. The summed E-state index contributed by atoms with van der Waals surface area (Å²) in [5.74, 6) is -0.119. The maximum Gasteiger partial charge on any atom is 0.253 e. The van der Waals surface area contributed by atoms with E-state index in [-0.39, 0.29) is 5.91 Å². The number of nitrogens with two attached hydrogens (primary N) is 1. The van der Waals surface area contributed by atoms with Crippen molar-refractivity contribution in [1.29, 1.82) is 0 Å².